The maximum absolute atomic E-state index is 13.2. The first kappa shape index (κ1) is 14.7. The highest BCUT2D eigenvalue weighted by molar-refractivity contribution is 7.99. The summed E-state index contributed by atoms with van der Waals surface area (Å²) in [6.45, 7) is 0. The molecule has 2 saturated heterocycles. The first-order valence-corrected chi connectivity index (χ1v) is 8.71. The largest absolute Gasteiger partial charge is 0.319 e. The van der Waals surface area contributed by atoms with E-state index in [-0.39, 0.29) is 23.1 Å². The summed E-state index contributed by atoms with van der Waals surface area (Å²) >= 11 is 7.25. The standard InChI is InChI=1S/C17H13FN2OS2/c18-12-8-6-11(7-9-12)16-20-14(10-23-16)15(21)19(17(20)22)13-4-2-1-3-5-13/h1-9,14,16H,10H2. The Morgan fingerprint density at radius 1 is 1.09 bits per heavy atom. The zero-order chi connectivity index (χ0) is 16.0. The highest BCUT2D eigenvalue weighted by atomic mass is 32.2. The van der Waals surface area contributed by atoms with Gasteiger partial charge < -0.3 is 4.90 Å². The number of nitrogens with zero attached hydrogens (tertiary/aromatic N) is 2. The molecule has 3 nitrogen and oxygen atoms in total. The van der Waals surface area contributed by atoms with E-state index in [0.717, 1.165) is 11.3 Å². The molecule has 0 saturated carbocycles. The first-order valence-electron chi connectivity index (χ1n) is 7.25. The average molecular weight is 344 g/mol. The van der Waals surface area contributed by atoms with Crippen molar-refractivity contribution in [2.45, 2.75) is 11.4 Å². The van der Waals surface area contributed by atoms with Gasteiger partial charge in [-0.15, -0.1) is 11.8 Å². The highest BCUT2D eigenvalue weighted by Crippen LogP contribution is 2.46. The number of fused-ring (bicyclic) bond motifs is 1. The van der Waals surface area contributed by atoms with E-state index in [9.17, 15) is 9.18 Å². The Kier molecular flexibility index (Phi) is 3.58. The molecule has 2 aliphatic rings. The number of thiocarbonyl (C=S) groups is 1. The van der Waals surface area contributed by atoms with Gasteiger partial charge in [-0.2, -0.15) is 0 Å². The van der Waals surface area contributed by atoms with E-state index >= 15 is 0 Å². The summed E-state index contributed by atoms with van der Waals surface area (Å²) in [7, 11) is 0. The fourth-order valence-corrected chi connectivity index (χ4v) is 4.91. The van der Waals surface area contributed by atoms with Crippen LogP contribution in [0.3, 0.4) is 0 Å². The summed E-state index contributed by atoms with van der Waals surface area (Å²) in [6.07, 6.45) is 0. The quantitative estimate of drug-likeness (QED) is 0.777. The minimum absolute atomic E-state index is 0.0123. The number of halogens is 1. The molecule has 1 amide bonds. The number of hydrogen-bond acceptors (Lipinski definition) is 3. The van der Waals surface area contributed by atoms with Gasteiger partial charge in [0, 0.05) is 5.75 Å². The van der Waals surface area contributed by atoms with Gasteiger partial charge >= 0.3 is 0 Å². The molecule has 2 unspecified atom stereocenters. The zero-order valence-corrected chi connectivity index (χ0v) is 13.7. The molecule has 6 heteroatoms. The Hall–Kier alpha value is -1.92. The molecule has 23 heavy (non-hydrogen) atoms. The Morgan fingerprint density at radius 2 is 1.78 bits per heavy atom. The number of carbonyl (C=O) groups is 1. The molecule has 0 spiro atoms. The van der Waals surface area contributed by atoms with Crippen LogP contribution in [-0.4, -0.2) is 27.7 Å². The monoisotopic (exact) mass is 344 g/mol. The maximum Gasteiger partial charge on any atom is 0.257 e. The summed E-state index contributed by atoms with van der Waals surface area (Å²) in [6, 6.07) is 15.6. The number of benzene rings is 2. The predicted molar refractivity (Wildman–Crippen MR) is 93.8 cm³/mol. The number of rotatable bonds is 2. The van der Waals surface area contributed by atoms with Gasteiger partial charge in [-0.1, -0.05) is 30.3 Å². The summed E-state index contributed by atoms with van der Waals surface area (Å²) in [5.74, 6) is 0.433. The second-order valence-corrected chi connectivity index (χ2v) is 6.93. The van der Waals surface area contributed by atoms with Crippen LogP contribution in [-0.2, 0) is 4.79 Å². The van der Waals surface area contributed by atoms with E-state index in [4.69, 9.17) is 12.2 Å². The van der Waals surface area contributed by atoms with Crippen molar-refractivity contribution < 1.29 is 9.18 Å². The second kappa shape index (κ2) is 5.62. The minimum Gasteiger partial charge on any atom is -0.319 e. The lowest BCUT2D eigenvalue weighted by Gasteiger charge is -2.25. The van der Waals surface area contributed by atoms with E-state index < -0.39 is 0 Å². The van der Waals surface area contributed by atoms with Gasteiger partial charge in [-0.05, 0) is 42.0 Å². The molecule has 2 aromatic rings. The third-order valence-electron chi connectivity index (χ3n) is 4.09. The number of para-hydroxylation sites is 1. The lowest BCUT2D eigenvalue weighted by atomic mass is 10.2. The highest BCUT2D eigenvalue weighted by Gasteiger charge is 2.50. The molecule has 116 valence electrons. The van der Waals surface area contributed by atoms with Gasteiger partial charge in [0.25, 0.3) is 5.91 Å². The Balaban J connectivity index is 1.68. The number of amides is 1. The Labute approximate surface area is 143 Å². The topological polar surface area (TPSA) is 23.6 Å². The number of carbonyl (C=O) groups excluding carboxylic acids is 1. The van der Waals surface area contributed by atoms with E-state index in [1.54, 1.807) is 28.8 Å². The molecule has 2 aromatic carbocycles. The summed E-state index contributed by atoms with van der Waals surface area (Å²) < 4.78 is 13.2. The zero-order valence-electron chi connectivity index (χ0n) is 12.1. The van der Waals surface area contributed by atoms with Crippen molar-refractivity contribution in [1.82, 2.24) is 4.90 Å². The van der Waals surface area contributed by atoms with E-state index in [2.05, 4.69) is 0 Å². The molecular formula is C17H13FN2OS2. The van der Waals surface area contributed by atoms with Crippen molar-refractivity contribution >= 4 is 40.7 Å². The summed E-state index contributed by atoms with van der Waals surface area (Å²) in [5.41, 5.74) is 1.75. The van der Waals surface area contributed by atoms with Crippen LogP contribution in [0.2, 0.25) is 0 Å². The average Bonchev–Trinajstić information content (AvgIpc) is 3.10. The van der Waals surface area contributed by atoms with Gasteiger partial charge in [0.15, 0.2) is 5.11 Å². The maximum atomic E-state index is 13.2. The first-order chi connectivity index (χ1) is 11.2. The third-order valence-corrected chi connectivity index (χ3v) is 5.80. The van der Waals surface area contributed by atoms with Crippen LogP contribution in [0.1, 0.15) is 10.9 Å². The van der Waals surface area contributed by atoms with Gasteiger partial charge in [0.2, 0.25) is 0 Å². The van der Waals surface area contributed by atoms with Crippen LogP contribution in [0.15, 0.2) is 54.6 Å². The molecular weight excluding hydrogens is 331 g/mol. The van der Waals surface area contributed by atoms with Crippen LogP contribution in [0.5, 0.6) is 0 Å². The molecule has 2 heterocycles. The Morgan fingerprint density at radius 3 is 2.48 bits per heavy atom. The van der Waals surface area contributed by atoms with Crippen LogP contribution in [0.25, 0.3) is 0 Å². The van der Waals surface area contributed by atoms with E-state index in [0.29, 0.717) is 10.9 Å². The van der Waals surface area contributed by atoms with Crippen molar-refractivity contribution in [2.24, 2.45) is 0 Å². The van der Waals surface area contributed by atoms with Crippen LogP contribution in [0.4, 0.5) is 10.1 Å². The van der Waals surface area contributed by atoms with Crippen molar-refractivity contribution in [3.05, 3.63) is 66.0 Å². The van der Waals surface area contributed by atoms with Gasteiger partial charge in [0.05, 0.1) is 5.69 Å². The predicted octanol–water partition coefficient (Wildman–Crippen LogP) is 3.57. The van der Waals surface area contributed by atoms with E-state index in [1.165, 1.54) is 12.1 Å². The van der Waals surface area contributed by atoms with E-state index in [1.807, 2.05) is 35.2 Å². The molecule has 0 N–H and O–H groups in total. The number of anilines is 1. The number of hydrogen-bond donors (Lipinski definition) is 0. The van der Waals surface area contributed by atoms with Crippen molar-refractivity contribution in [2.75, 3.05) is 10.7 Å². The van der Waals surface area contributed by atoms with Crippen molar-refractivity contribution in [1.29, 1.82) is 0 Å². The fourth-order valence-electron chi connectivity index (χ4n) is 2.99. The molecule has 2 aliphatic heterocycles. The van der Waals surface area contributed by atoms with Crippen LogP contribution in [0, 0.1) is 5.82 Å². The fraction of sp³-hybridized carbons (Fsp3) is 0.176. The molecule has 2 fully saturated rings. The third kappa shape index (κ3) is 2.33. The number of thioether (sulfide) groups is 1. The molecule has 4 rings (SSSR count). The summed E-state index contributed by atoms with van der Waals surface area (Å²) in [4.78, 5) is 16.3. The molecule has 2 atom stereocenters. The lowest BCUT2D eigenvalue weighted by molar-refractivity contribution is -0.119. The van der Waals surface area contributed by atoms with Crippen molar-refractivity contribution in [3.8, 4) is 0 Å². The SMILES string of the molecule is O=C1C2CSC(c3ccc(F)cc3)N2C(=S)N1c1ccccc1. The van der Waals surface area contributed by atoms with Gasteiger partial charge in [-0.25, -0.2) is 4.39 Å². The van der Waals surface area contributed by atoms with Crippen LogP contribution < -0.4 is 4.90 Å². The molecule has 0 aromatic heterocycles. The molecule has 0 bridgehead atoms. The smallest absolute Gasteiger partial charge is 0.257 e. The normalized spacial score (nSPS) is 23.5. The van der Waals surface area contributed by atoms with Gasteiger partial charge in [-0.3, -0.25) is 9.69 Å². The van der Waals surface area contributed by atoms with Crippen LogP contribution >= 0.6 is 24.0 Å². The Bertz CT molecular complexity index is 766. The lowest BCUT2D eigenvalue weighted by Crippen LogP contribution is -2.33. The summed E-state index contributed by atoms with van der Waals surface area (Å²) in [5, 5.41) is 0.469. The minimum atomic E-state index is -0.265. The van der Waals surface area contributed by atoms with Gasteiger partial charge in [0.1, 0.15) is 17.2 Å². The molecule has 0 radical (unpaired) electrons. The second-order valence-electron chi connectivity index (χ2n) is 5.45. The van der Waals surface area contributed by atoms with Crippen molar-refractivity contribution in [3.63, 3.8) is 0 Å². The molecule has 0 aliphatic carbocycles.